The van der Waals surface area contributed by atoms with E-state index in [2.05, 4.69) is 0 Å². The maximum atomic E-state index is 10.6. The maximum absolute atomic E-state index is 10.6. The molecule has 1 atom stereocenters. The Hall–Kier alpha value is -1.86. The summed E-state index contributed by atoms with van der Waals surface area (Å²) in [6.07, 6.45) is 0.178. The number of nitrogens with two attached hydrogens (primary N) is 1. The van der Waals surface area contributed by atoms with Crippen molar-refractivity contribution in [2.45, 2.75) is 12.5 Å². The summed E-state index contributed by atoms with van der Waals surface area (Å²) in [5.41, 5.74) is 6.63. The molecule has 0 amide bonds. The van der Waals surface area contributed by atoms with Crippen molar-refractivity contribution in [3.8, 4) is 6.07 Å². The molecule has 3 N–H and O–H groups in total. The predicted molar refractivity (Wildman–Crippen MR) is 50.3 cm³/mol. The molecule has 0 fully saturated rings. The molecule has 0 bridgehead atoms. The van der Waals surface area contributed by atoms with Crippen LogP contribution in [0.1, 0.15) is 17.2 Å². The van der Waals surface area contributed by atoms with E-state index < -0.39 is 12.0 Å². The number of aliphatic carboxylic acids is 1. The minimum absolute atomic E-state index is 0.178. The van der Waals surface area contributed by atoms with Crippen LogP contribution in [0.2, 0.25) is 0 Å². The van der Waals surface area contributed by atoms with Crippen LogP contribution in [0, 0.1) is 11.3 Å². The van der Waals surface area contributed by atoms with Gasteiger partial charge in [0, 0.05) is 0 Å². The number of nitriles is 1. The topological polar surface area (TPSA) is 87.1 Å². The van der Waals surface area contributed by atoms with E-state index in [-0.39, 0.29) is 6.42 Å². The predicted octanol–water partition coefficient (Wildman–Crippen LogP) is 0.837. The smallest absolute Gasteiger partial charge is 0.325 e. The third-order valence-electron chi connectivity index (χ3n) is 1.93. The zero-order chi connectivity index (χ0) is 10.6. The molecule has 0 aliphatic rings. The Morgan fingerprint density at radius 3 is 2.79 bits per heavy atom. The Morgan fingerprint density at radius 2 is 2.21 bits per heavy atom. The van der Waals surface area contributed by atoms with E-state index in [1.54, 1.807) is 24.3 Å². The van der Waals surface area contributed by atoms with Crippen LogP contribution in [0.3, 0.4) is 0 Å². The zero-order valence-corrected chi connectivity index (χ0v) is 7.47. The fourth-order valence-electron chi connectivity index (χ4n) is 1.22. The molecular formula is C10H10N2O2. The van der Waals surface area contributed by atoms with Crippen LogP contribution in [-0.4, -0.2) is 11.1 Å². The molecule has 72 valence electrons. The molecular weight excluding hydrogens is 180 g/mol. The van der Waals surface area contributed by atoms with E-state index >= 15 is 0 Å². The molecule has 4 nitrogen and oxygen atoms in total. The van der Waals surface area contributed by atoms with Gasteiger partial charge in [-0.05, 0) is 11.1 Å². The number of hydrogen-bond acceptors (Lipinski definition) is 3. The molecule has 0 unspecified atom stereocenters. The number of rotatable bonds is 3. The van der Waals surface area contributed by atoms with Gasteiger partial charge in [-0.3, -0.25) is 4.79 Å². The van der Waals surface area contributed by atoms with E-state index in [1.165, 1.54) is 0 Å². The first-order valence-electron chi connectivity index (χ1n) is 4.10. The maximum Gasteiger partial charge on any atom is 0.325 e. The SMILES string of the molecule is N#CCc1ccccc1[C@@H](N)C(=O)O. The fourth-order valence-corrected chi connectivity index (χ4v) is 1.22. The average molecular weight is 190 g/mol. The van der Waals surface area contributed by atoms with Gasteiger partial charge in [-0.1, -0.05) is 24.3 Å². The van der Waals surface area contributed by atoms with E-state index in [0.717, 1.165) is 0 Å². The number of carboxylic acids is 1. The molecule has 1 aromatic carbocycles. The van der Waals surface area contributed by atoms with Crippen molar-refractivity contribution in [2.24, 2.45) is 5.73 Å². The highest BCUT2D eigenvalue weighted by Crippen LogP contribution is 2.16. The first-order valence-corrected chi connectivity index (χ1v) is 4.10. The molecule has 0 aromatic heterocycles. The normalized spacial score (nSPS) is 11.7. The van der Waals surface area contributed by atoms with Gasteiger partial charge in [0.2, 0.25) is 0 Å². The Bertz CT molecular complexity index is 382. The quantitative estimate of drug-likeness (QED) is 0.739. The summed E-state index contributed by atoms with van der Waals surface area (Å²) in [7, 11) is 0. The van der Waals surface area contributed by atoms with Crippen molar-refractivity contribution in [2.75, 3.05) is 0 Å². The van der Waals surface area contributed by atoms with Gasteiger partial charge in [0.1, 0.15) is 6.04 Å². The second kappa shape index (κ2) is 4.40. The zero-order valence-electron chi connectivity index (χ0n) is 7.47. The average Bonchev–Trinajstić information content (AvgIpc) is 2.18. The lowest BCUT2D eigenvalue weighted by atomic mass is 9.99. The highest BCUT2D eigenvalue weighted by atomic mass is 16.4. The lowest BCUT2D eigenvalue weighted by molar-refractivity contribution is -0.138. The largest absolute Gasteiger partial charge is 0.480 e. The lowest BCUT2D eigenvalue weighted by Gasteiger charge is -2.10. The van der Waals surface area contributed by atoms with E-state index in [0.29, 0.717) is 11.1 Å². The molecule has 1 aromatic rings. The molecule has 0 saturated carbocycles. The third-order valence-corrected chi connectivity index (χ3v) is 1.93. The van der Waals surface area contributed by atoms with E-state index in [1.807, 2.05) is 6.07 Å². The minimum atomic E-state index is -1.09. The van der Waals surface area contributed by atoms with Gasteiger partial charge >= 0.3 is 5.97 Å². The minimum Gasteiger partial charge on any atom is -0.480 e. The summed E-state index contributed by atoms with van der Waals surface area (Å²) in [6.45, 7) is 0. The molecule has 0 aliphatic carbocycles. The highest BCUT2D eigenvalue weighted by Gasteiger charge is 2.16. The van der Waals surface area contributed by atoms with Gasteiger partial charge in [0.25, 0.3) is 0 Å². The van der Waals surface area contributed by atoms with Gasteiger partial charge < -0.3 is 10.8 Å². The molecule has 0 saturated heterocycles. The molecule has 0 heterocycles. The van der Waals surface area contributed by atoms with Crippen LogP contribution in [0.15, 0.2) is 24.3 Å². The fraction of sp³-hybridized carbons (Fsp3) is 0.200. The number of carboxylic acid groups (broad SMARTS) is 1. The highest BCUT2D eigenvalue weighted by molar-refractivity contribution is 5.75. The molecule has 4 heteroatoms. The van der Waals surface area contributed by atoms with Crippen molar-refractivity contribution < 1.29 is 9.90 Å². The Kier molecular flexibility index (Phi) is 3.21. The second-order valence-corrected chi connectivity index (χ2v) is 2.85. The van der Waals surface area contributed by atoms with Gasteiger partial charge in [0.15, 0.2) is 0 Å². The van der Waals surface area contributed by atoms with E-state index in [4.69, 9.17) is 16.1 Å². The molecule has 0 aliphatic heterocycles. The molecule has 14 heavy (non-hydrogen) atoms. The Labute approximate surface area is 81.6 Å². The standard InChI is InChI=1S/C10H10N2O2/c11-6-5-7-3-1-2-4-8(7)9(12)10(13)14/h1-4,9H,5,12H2,(H,13,14)/t9-/m1/s1. The number of nitrogens with zero attached hydrogens (tertiary/aromatic N) is 1. The van der Waals surface area contributed by atoms with Gasteiger partial charge in [-0.2, -0.15) is 5.26 Å². The number of carbonyl (C=O) groups is 1. The first-order chi connectivity index (χ1) is 6.66. The summed E-state index contributed by atoms with van der Waals surface area (Å²) < 4.78 is 0. The summed E-state index contributed by atoms with van der Waals surface area (Å²) in [6, 6.07) is 7.72. The summed E-state index contributed by atoms with van der Waals surface area (Å²) in [5.74, 6) is -1.09. The lowest BCUT2D eigenvalue weighted by Crippen LogP contribution is -2.21. The summed E-state index contributed by atoms with van der Waals surface area (Å²) in [4.78, 5) is 10.6. The van der Waals surface area contributed by atoms with Gasteiger partial charge in [0.05, 0.1) is 12.5 Å². The number of hydrogen-bond donors (Lipinski definition) is 2. The van der Waals surface area contributed by atoms with Crippen LogP contribution < -0.4 is 5.73 Å². The van der Waals surface area contributed by atoms with Crippen LogP contribution >= 0.6 is 0 Å². The van der Waals surface area contributed by atoms with Crippen molar-refractivity contribution in [1.29, 1.82) is 5.26 Å². The third kappa shape index (κ3) is 2.09. The van der Waals surface area contributed by atoms with Crippen LogP contribution in [-0.2, 0) is 11.2 Å². The van der Waals surface area contributed by atoms with Crippen molar-refractivity contribution in [1.82, 2.24) is 0 Å². The van der Waals surface area contributed by atoms with Crippen LogP contribution in [0.25, 0.3) is 0 Å². The Balaban J connectivity index is 3.07. The van der Waals surface area contributed by atoms with E-state index in [9.17, 15) is 4.79 Å². The monoisotopic (exact) mass is 190 g/mol. The summed E-state index contributed by atoms with van der Waals surface area (Å²) in [5, 5.41) is 17.2. The second-order valence-electron chi connectivity index (χ2n) is 2.85. The molecule has 0 spiro atoms. The first kappa shape index (κ1) is 10.2. The number of benzene rings is 1. The van der Waals surface area contributed by atoms with Crippen LogP contribution in [0.5, 0.6) is 0 Å². The molecule has 0 radical (unpaired) electrons. The summed E-state index contributed by atoms with van der Waals surface area (Å²) >= 11 is 0. The van der Waals surface area contributed by atoms with Crippen LogP contribution in [0.4, 0.5) is 0 Å². The van der Waals surface area contributed by atoms with Gasteiger partial charge in [-0.15, -0.1) is 0 Å². The van der Waals surface area contributed by atoms with Crippen molar-refractivity contribution in [3.63, 3.8) is 0 Å². The van der Waals surface area contributed by atoms with Crippen molar-refractivity contribution >= 4 is 5.97 Å². The molecule has 1 rings (SSSR count). The van der Waals surface area contributed by atoms with Gasteiger partial charge in [-0.25, -0.2) is 0 Å². The Morgan fingerprint density at radius 1 is 1.57 bits per heavy atom. The van der Waals surface area contributed by atoms with Crippen molar-refractivity contribution in [3.05, 3.63) is 35.4 Å².